The Balaban J connectivity index is 2.18. The minimum atomic E-state index is -0.221. The van der Waals surface area contributed by atoms with E-state index in [1.807, 2.05) is 13.0 Å². The lowest BCUT2D eigenvalue weighted by Crippen LogP contribution is -2.34. The van der Waals surface area contributed by atoms with Gasteiger partial charge in [0.1, 0.15) is 5.82 Å². The molecule has 0 aliphatic heterocycles. The van der Waals surface area contributed by atoms with Crippen LogP contribution in [0.25, 0.3) is 0 Å². The fraction of sp³-hybridized carbons (Fsp3) is 0.417. The van der Waals surface area contributed by atoms with E-state index < -0.39 is 0 Å². The largest absolute Gasteiger partial charge is 0.355 e. The van der Waals surface area contributed by atoms with E-state index in [1.165, 1.54) is 12.1 Å². The summed E-state index contributed by atoms with van der Waals surface area (Å²) in [5, 5.41) is 5.70. The number of carbonyl (C=O) groups excluding carboxylic acids is 1. The molecule has 0 saturated carbocycles. The predicted octanol–water partition coefficient (Wildman–Crippen LogP) is 1.09. The summed E-state index contributed by atoms with van der Waals surface area (Å²) in [6.07, 6.45) is 0.719. The highest BCUT2D eigenvalue weighted by Crippen LogP contribution is 2.03. The van der Waals surface area contributed by atoms with Gasteiger partial charge in [-0.3, -0.25) is 4.79 Å². The van der Waals surface area contributed by atoms with Gasteiger partial charge in [0, 0.05) is 6.54 Å². The second-order valence-electron chi connectivity index (χ2n) is 3.51. The number of likely N-dealkylation sites (N-methyl/N-ethyl adjacent to an activating group) is 1. The number of hydrogen-bond acceptors (Lipinski definition) is 2. The molecular formula is C12H17FN2O. The average Bonchev–Trinajstić information content (AvgIpc) is 2.25. The van der Waals surface area contributed by atoms with Gasteiger partial charge in [-0.05, 0) is 37.6 Å². The van der Waals surface area contributed by atoms with Crippen molar-refractivity contribution in [2.45, 2.75) is 13.3 Å². The monoisotopic (exact) mass is 224 g/mol. The van der Waals surface area contributed by atoms with E-state index in [2.05, 4.69) is 10.6 Å². The van der Waals surface area contributed by atoms with Gasteiger partial charge in [-0.2, -0.15) is 0 Å². The molecule has 0 aromatic heterocycles. The van der Waals surface area contributed by atoms with E-state index in [4.69, 9.17) is 0 Å². The highest BCUT2D eigenvalue weighted by atomic mass is 19.1. The first kappa shape index (κ1) is 12.6. The summed E-state index contributed by atoms with van der Waals surface area (Å²) in [5.41, 5.74) is 0.934. The number of carbonyl (C=O) groups is 1. The summed E-state index contributed by atoms with van der Waals surface area (Å²) in [7, 11) is 0. The van der Waals surface area contributed by atoms with Crippen LogP contribution in [-0.2, 0) is 11.2 Å². The molecule has 0 spiro atoms. The number of rotatable bonds is 6. The van der Waals surface area contributed by atoms with Gasteiger partial charge in [-0.25, -0.2) is 4.39 Å². The van der Waals surface area contributed by atoms with Gasteiger partial charge < -0.3 is 10.6 Å². The second kappa shape index (κ2) is 6.95. The van der Waals surface area contributed by atoms with Crippen molar-refractivity contribution in [3.05, 3.63) is 35.6 Å². The van der Waals surface area contributed by atoms with Crippen molar-refractivity contribution < 1.29 is 9.18 Å². The highest BCUT2D eigenvalue weighted by molar-refractivity contribution is 5.77. The van der Waals surface area contributed by atoms with Crippen molar-refractivity contribution in [3.63, 3.8) is 0 Å². The lowest BCUT2D eigenvalue weighted by Gasteiger charge is -2.05. The van der Waals surface area contributed by atoms with E-state index in [-0.39, 0.29) is 11.7 Å². The third-order valence-electron chi connectivity index (χ3n) is 2.14. The van der Waals surface area contributed by atoms with E-state index in [1.54, 1.807) is 6.07 Å². The molecule has 2 N–H and O–H groups in total. The Bertz CT molecular complexity index is 342. The summed E-state index contributed by atoms with van der Waals surface area (Å²) in [5.74, 6) is -0.233. The Kier molecular flexibility index (Phi) is 5.50. The van der Waals surface area contributed by atoms with Gasteiger partial charge in [0.05, 0.1) is 6.54 Å². The molecule has 0 unspecified atom stereocenters. The Morgan fingerprint density at radius 2 is 2.25 bits per heavy atom. The number of halogens is 1. The zero-order valence-electron chi connectivity index (χ0n) is 9.42. The topological polar surface area (TPSA) is 41.1 Å². The van der Waals surface area contributed by atoms with Gasteiger partial charge in [0.25, 0.3) is 0 Å². The summed E-state index contributed by atoms with van der Waals surface area (Å²) < 4.78 is 12.8. The lowest BCUT2D eigenvalue weighted by atomic mass is 10.1. The van der Waals surface area contributed by atoms with Crippen LogP contribution in [0.3, 0.4) is 0 Å². The van der Waals surface area contributed by atoms with Crippen LogP contribution in [0.2, 0.25) is 0 Å². The first-order chi connectivity index (χ1) is 7.72. The molecule has 4 heteroatoms. The fourth-order valence-electron chi connectivity index (χ4n) is 1.39. The van der Waals surface area contributed by atoms with Crippen molar-refractivity contribution in [3.8, 4) is 0 Å². The smallest absolute Gasteiger partial charge is 0.233 e. The van der Waals surface area contributed by atoms with Crippen LogP contribution in [0.5, 0.6) is 0 Å². The van der Waals surface area contributed by atoms with Crippen LogP contribution in [0.1, 0.15) is 12.5 Å². The predicted molar refractivity (Wildman–Crippen MR) is 61.7 cm³/mol. The van der Waals surface area contributed by atoms with Crippen LogP contribution < -0.4 is 10.6 Å². The van der Waals surface area contributed by atoms with E-state index >= 15 is 0 Å². The first-order valence-electron chi connectivity index (χ1n) is 5.44. The first-order valence-corrected chi connectivity index (χ1v) is 5.44. The van der Waals surface area contributed by atoms with Crippen LogP contribution >= 0.6 is 0 Å². The molecule has 0 fully saturated rings. The molecule has 0 radical (unpaired) electrons. The zero-order chi connectivity index (χ0) is 11.8. The standard InChI is InChI=1S/C12H17FN2O/c1-2-15-12(16)9-14-7-6-10-4-3-5-11(13)8-10/h3-5,8,14H,2,6-7,9H2,1H3,(H,15,16). The molecule has 88 valence electrons. The molecule has 16 heavy (non-hydrogen) atoms. The van der Waals surface area contributed by atoms with E-state index in [0.717, 1.165) is 12.0 Å². The highest BCUT2D eigenvalue weighted by Gasteiger charge is 1.98. The number of nitrogens with one attached hydrogen (secondary N) is 2. The molecule has 1 rings (SSSR count). The molecule has 0 aliphatic rings. The molecule has 0 atom stereocenters. The SMILES string of the molecule is CCNC(=O)CNCCc1cccc(F)c1. The third-order valence-corrected chi connectivity index (χ3v) is 2.14. The van der Waals surface area contributed by atoms with Crippen LogP contribution in [-0.4, -0.2) is 25.5 Å². The molecule has 1 aromatic rings. The summed E-state index contributed by atoms with van der Waals surface area (Å²) >= 11 is 0. The Labute approximate surface area is 95.0 Å². The Morgan fingerprint density at radius 3 is 2.94 bits per heavy atom. The average molecular weight is 224 g/mol. The summed E-state index contributed by atoms with van der Waals surface area (Å²) in [4.78, 5) is 11.1. The van der Waals surface area contributed by atoms with E-state index in [0.29, 0.717) is 19.6 Å². The van der Waals surface area contributed by atoms with Crippen LogP contribution in [0, 0.1) is 5.82 Å². The van der Waals surface area contributed by atoms with Gasteiger partial charge in [-0.15, -0.1) is 0 Å². The van der Waals surface area contributed by atoms with Gasteiger partial charge in [0.2, 0.25) is 5.91 Å². The zero-order valence-corrected chi connectivity index (χ0v) is 9.42. The summed E-state index contributed by atoms with van der Waals surface area (Å²) in [6.45, 7) is 3.50. The lowest BCUT2D eigenvalue weighted by molar-refractivity contribution is -0.120. The van der Waals surface area contributed by atoms with Gasteiger partial charge >= 0.3 is 0 Å². The molecule has 0 aliphatic carbocycles. The molecule has 1 aromatic carbocycles. The van der Waals surface area contributed by atoms with Crippen molar-refractivity contribution in [1.29, 1.82) is 0 Å². The van der Waals surface area contributed by atoms with Crippen molar-refractivity contribution in [1.82, 2.24) is 10.6 Å². The maximum absolute atomic E-state index is 12.8. The molecule has 0 bridgehead atoms. The van der Waals surface area contributed by atoms with Gasteiger partial charge in [-0.1, -0.05) is 12.1 Å². The molecule has 3 nitrogen and oxygen atoms in total. The molecule has 0 heterocycles. The number of amides is 1. The minimum Gasteiger partial charge on any atom is -0.355 e. The summed E-state index contributed by atoms with van der Waals surface area (Å²) in [6, 6.07) is 6.49. The Morgan fingerprint density at radius 1 is 1.44 bits per heavy atom. The molecular weight excluding hydrogens is 207 g/mol. The second-order valence-corrected chi connectivity index (χ2v) is 3.51. The maximum atomic E-state index is 12.8. The van der Waals surface area contributed by atoms with Crippen molar-refractivity contribution >= 4 is 5.91 Å². The number of hydrogen-bond donors (Lipinski definition) is 2. The maximum Gasteiger partial charge on any atom is 0.233 e. The fourth-order valence-corrected chi connectivity index (χ4v) is 1.39. The van der Waals surface area contributed by atoms with Gasteiger partial charge in [0.15, 0.2) is 0 Å². The quantitative estimate of drug-likeness (QED) is 0.710. The van der Waals surface area contributed by atoms with Crippen molar-refractivity contribution in [2.75, 3.05) is 19.6 Å². The normalized spacial score (nSPS) is 10.1. The molecule has 1 amide bonds. The van der Waals surface area contributed by atoms with Crippen molar-refractivity contribution in [2.24, 2.45) is 0 Å². The van der Waals surface area contributed by atoms with Crippen LogP contribution in [0.15, 0.2) is 24.3 Å². The van der Waals surface area contributed by atoms with E-state index in [9.17, 15) is 9.18 Å². The molecule has 0 saturated heterocycles. The minimum absolute atomic E-state index is 0.0123. The van der Waals surface area contributed by atoms with Crippen LogP contribution in [0.4, 0.5) is 4.39 Å². The Hall–Kier alpha value is -1.42. The number of benzene rings is 1. The third kappa shape index (κ3) is 4.89.